The molecule has 0 saturated carbocycles. The number of amides is 4. The molecule has 1 fully saturated rings. The Morgan fingerprint density at radius 3 is 2.68 bits per heavy atom. The molecule has 2 aromatic heterocycles. The maximum atomic E-state index is 15.0. The number of carbonyl (C=O) groups is 3. The lowest BCUT2D eigenvalue weighted by Gasteiger charge is -2.29. The van der Waals surface area contributed by atoms with Crippen molar-refractivity contribution in [3.05, 3.63) is 77.4 Å². The molecule has 6 rings (SSSR count). The van der Waals surface area contributed by atoms with Crippen molar-refractivity contribution >= 4 is 34.6 Å². The second-order valence-electron chi connectivity index (χ2n) is 8.95. The van der Waals surface area contributed by atoms with E-state index in [4.69, 9.17) is 14.9 Å². The summed E-state index contributed by atoms with van der Waals surface area (Å²) in [6.45, 7) is 0.0314. The fraction of sp³-hybridized carbons (Fsp3) is 0.154. The molecule has 1 unspecified atom stereocenters. The third-order valence-electron chi connectivity index (χ3n) is 6.69. The number of halogens is 1. The van der Waals surface area contributed by atoms with E-state index in [1.807, 2.05) is 0 Å². The third kappa shape index (κ3) is 3.54. The lowest BCUT2D eigenvalue weighted by atomic mass is 9.95. The number of hydrogen-bond donors (Lipinski definition) is 3. The van der Waals surface area contributed by atoms with Gasteiger partial charge in [-0.25, -0.2) is 14.2 Å². The van der Waals surface area contributed by atoms with Crippen molar-refractivity contribution in [2.45, 2.75) is 12.1 Å². The number of nitrogens with one attached hydrogen (secondary N) is 2. The van der Waals surface area contributed by atoms with Gasteiger partial charge in [0.05, 0.1) is 13.7 Å². The molecular weight excluding hydrogens is 481 g/mol. The number of fused-ring (bicyclic) bond motifs is 2. The predicted octanol–water partition coefficient (Wildman–Crippen LogP) is 2.92. The van der Waals surface area contributed by atoms with E-state index < -0.39 is 23.3 Å². The van der Waals surface area contributed by atoms with E-state index in [0.29, 0.717) is 28.1 Å². The van der Waals surface area contributed by atoms with Crippen molar-refractivity contribution in [1.82, 2.24) is 20.5 Å². The average molecular weight is 501 g/mol. The van der Waals surface area contributed by atoms with E-state index in [2.05, 4.69) is 15.6 Å². The van der Waals surface area contributed by atoms with Gasteiger partial charge in [0.25, 0.3) is 11.8 Å². The van der Waals surface area contributed by atoms with Crippen LogP contribution in [-0.4, -0.2) is 41.4 Å². The number of rotatable bonds is 5. The summed E-state index contributed by atoms with van der Waals surface area (Å²) in [5, 5.41) is 5.36. The highest BCUT2D eigenvalue weighted by Gasteiger charge is 2.53. The summed E-state index contributed by atoms with van der Waals surface area (Å²) in [5.74, 6) is -0.657. The maximum Gasteiger partial charge on any atom is 0.322 e. The first-order valence-electron chi connectivity index (χ1n) is 11.3. The van der Waals surface area contributed by atoms with Gasteiger partial charge in [0.2, 0.25) is 0 Å². The normalized spacial score (nSPS) is 18.8. The number of furan rings is 1. The number of ether oxygens (including phenoxy) is 1. The molecule has 2 aliphatic rings. The number of pyridine rings is 1. The van der Waals surface area contributed by atoms with E-state index in [-0.39, 0.29) is 35.9 Å². The Morgan fingerprint density at radius 1 is 1.14 bits per heavy atom. The average Bonchev–Trinajstić information content (AvgIpc) is 3.52. The number of hydrogen-bond acceptors (Lipinski definition) is 7. The highest BCUT2D eigenvalue weighted by molar-refractivity contribution is 6.08. The van der Waals surface area contributed by atoms with E-state index >= 15 is 0 Å². The third-order valence-corrected chi connectivity index (χ3v) is 6.69. The molecule has 4 N–H and O–H groups in total. The molecule has 4 amide bonds. The summed E-state index contributed by atoms with van der Waals surface area (Å²) >= 11 is 0. The summed E-state index contributed by atoms with van der Waals surface area (Å²) in [5.41, 5.74) is 6.09. The Kier molecular flexibility index (Phi) is 4.90. The molecule has 1 saturated heterocycles. The fourth-order valence-electron chi connectivity index (χ4n) is 4.79. The molecule has 10 nitrogen and oxygen atoms in total. The summed E-state index contributed by atoms with van der Waals surface area (Å²) in [6.07, 6.45) is 1.46. The summed E-state index contributed by atoms with van der Waals surface area (Å²) < 4.78 is 26.1. The second kappa shape index (κ2) is 8.05. The molecule has 0 radical (unpaired) electrons. The molecule has 0 bridgehead atoms. The van der Waals surface area contributed by atoms with Crippen LogP contribution in [-0.2, 0) is 16.9 Å². The molecule has 1 atom stereocenters. The molecule has 0 spiro atoms. The van der Waals surface area contributed by atoms with Gasteiger partial charge in [-0.2, -0.15) is 0 Å². The van der Waals surface area contributed by atoms with Crippen molar-refractivity contribution in [2.24, 2.45) is 0 Å². The number of aromatic nitrogens is 1. The molecule has 4 heterocycles. The predicted molar refractivity (Wildman–Crippen MR) is 130 cm³/mol. The molecule has 11 heteroatoms. The van der Waals surface area contributed by atoms with Crippen LogP contribution in [0.3, 0.4) is 0 Å². The molecule has 186 valence electrons. The quantitative estimate of drug-likeness (QED) is 0.357. The Hall–Kier alpha value is -4.93. The van der Waals surface area contributed by atoms with Gasteiger partial charge in [0, 0.05) is 40.9 Å². The van der Waals surface area contributed by atoms with Gasteiger partial charge in [0.15, 0.2) is 5.54 Å². The zero-order valence-electron chi connectivity index (χ0n) is 19.5. The fourth-order valence-corrected chi connectivity index (χ4v) is 4.79. The van der Waals surface area contributed by atoms with Gasteiger partial charge >= 0.3 is 6.03 Å². The highest BCUT2D eigenvalue weighted by Crippen LogP contribution is 2.37. The van der Waals surface area contributed by atoms with Gasteiger partial charge in [-0.05, 0) is 42.0 Å². The van der Waals surface area contributed by atoms with E-state index in [0.717, 1.165) is 5.56 Å². The molecule has 0 aliphatic carbocycles. The van der Waals surface area contributed by atoms with Gasteiger partial charge < -0.3 is 25.1 Å². The first-order valence-corrected chi connectivity index (χ1v) is 11.3. The molecule has 37 heavy (non-hydrogen) atoms. The van der Waals surface area contributed by atoms with Crippen molar-refractivity contribution in [2.75, 3.05) is 19.4 Å². The van der Waals surface area contributed by atoms with Crippen LogP contribution in [0.15, 0.2) is 59.1 Å². The zero-order chi connectivity index (χ0) is 25.9. The highest BCUT2D eigenvalue weighted by atomic mass is 19.1. The van der Waals surface area contributed by atoms with Crippen molar-refractivity contribution < 1.29 is 27.9 Å². The minimum Gasteiger partial charge on any atom is -0.497 e. The van der Waals surface area contributed by atoms with Crippen LogP contribution in [0.1, 0.15) is 21.7 Å². The summed E-state index contributed by atoms with van der Waals surface area (Å²) in [4.78, 5) is 44.0. The number of anilines is 1. The number of carbonyl (C=O) groups excluding carboxylic acids is 3. The van der Waals surface area contributed by atoms with Crippen LogP contribution in [0.5, 0.6) is 5.75 Å². The van der Waals surface area contributed by atoms with Crippen molar-refractivity contribution in [3.8, 4) is 16.9 Å². The van der Waals surface area contributed by atoms with Crippen LogP contribution in [0.4, 0.5) is 15.0 Å². The maximum absolute atomic E-state index is 15.0. The number of imide groups is 1. The number of methoxy groups -OCH3 is 1. The minimum atomic E-state index is -1.71. The number of urea groups is 1. The van der Waals surface area contributed by atoms with Gasteiger partial charge in [-0.1, -0.05) is 6.07 Å². The smallest absolute Gasteiger partial charge is 0.322 e. The molecule has 4 aromatic rings. The Morgan fingerprint density at radius 2 is 1.97 bits per heavy atom. The largest absolute Gasteiger partial charge is 0.497 e. The van der Waals surface area contributed by atoms with Gasteiger partial charge in [0.1, 0.15) is 28.7 Å². The van der Waals surface area contributed by atoms with Gasteiger partial charge in [-0.3, -0.25) is 14.9 Å². The van der Waals surface area contributed by atoms with E-state index in [1.165, 1.54) is 24.3 Å². The van der Waals surface area contributed by atoms with Crippen LogP contribution in [0.25, 0.3) is 22.1 Å². The van der Waals surface area contributed by atoms with Gasteiger partial charge in [-0.15, -0.1) is 0 Å². The number of nitrogens with two attached hydrogens (primary N) is 1. The SMILES string of the molecule is COc1ccc2c(c1)C(=O)N(CC1(c3cc4cc(-c5ccc(N)nc5)c(F)cc4o3)NC(=O)NC1=O)C2. The van der Waals surface area contributed by atoms with Crippen LogP contribution in [0.2, 0.25) is 0 Å². The first-order chi connectivity index (χ1) is 17.8. The van der Waals surface area contributed by atoms with Crippen molar-refractivity contribution in [1.29, 1.82) is 0 Å². The van der Waals surface area contributed by atoms with Crippen LogP contribution in [0, 0.1) is 5.82 Å². The Balaban J connectivity index is 1.40. The minimum absolute atomic E-state index is 0.0687. The van der Waals surface area contributed by atoms with Crippen LogP contribution >= 0.6 is 0 Å². The first kappa shape index (κ1) is 22.5. The van der Waals surface area contributed by atoms with E-state index in [9.17, 15) is 18.8 Å². The number of nitrogens with zero attached hydrogens (tertiary/aromatic N) is 2. The Labute approximate surface area is 209 Å². The topological polar surface area (TPSA) is 140 Å². The summed E-state index contributed by atoms with van der Waals surface area (Å²) in [6, 6.07) is 12.0. The van der Waals surface area contributed by atoms with Crippen molar-refractivity contribution in [3.63, 3.8) is 0 Å². The standard InChI is InChI=1S/C26H20FN5O5/c1-36-16-4-2-14-11-32(23(33)18(14)8-16)12-26(24(34)30-25(35)31-26)21-7-15-6-17(19(27)9-20(15)37-21)13-3-5-22(28)29-10-13/h2-10H,11-12H2,1H3,(H2,28,29)(H2,30,31,34,35). The lowest BCUT2D eigenvalue weighted by molar-refractivity contribution is -0.125. The number of benzene rings is 2. The van der Waals surface area contributed by atoms with Crippen LogP contribution < -0.4 is 21.1 Å². The Bertz CT molecular complexity index is 1620. The molecule has 2 aromatic carbocycles. The second-order valence-corrected chi connectivity index (χ2v) is 8.95. The van der Waals surface area contributed by atoms with E-state index in [1.54, 1.807) is 42.5 Å². The monoisotopic (exact) mass is 501 g/mol. The summed E-state index contributed by atoms with van der Waals surface area (Å²) in [7, 11) is 1.51. The number of nitrogen functional groups attached to an aromatic ring is 1. The lowest BCUT2D eigenvalue weighted by Crippen LogP contribution is -2.52. The molecule has 2 aliphatic heterocycles. The molecular formula is C26H20FN5O5. The zero-order valence-corrected chi connectivity index (χ0v) is 19.5.